The lowest BCUT2D eigenvalue weighted by Gasteiger charge is -2.35. The maximum atomic E-state index is 5.49. The molecular weight excluding hydrogens is 176 g/mol. The number of pyridine rings is 1. The van der Waals surface area contributed by atoms with Crippen LogP contribution in [-0.2, 0) is 4.74 Å². The molecular formula is C11H16N2O. The first-order chi connectivity index (χ1) is 6.88. The van der Waals surface area contributed by atoms with E-state index in [1.54, 1.807) is 6.20 Å². The molecule has 1 heterocycles. The van der Waals surface area contributed by atoms with Gasteiger partial charge in [0.05, 0.1) is 11.8 Å². The largest absolute Gasteiger partial charge is 0.381 e. The predicted molar refractivity (Wildman–Crippen MR) is 56.3 cm³/mol. The summed E-state index contributed by atoms with van der Waals surface area (Å²) in [7, 11) is 0. The molecule has 0 saturated heterocycles. The zero-order valence-corrected chi connectivity index (χ0v) is 8.44. The Morgan fingerprint density at radius 1 is 1.57 bits per heavy atom. The molecule has 0 spiro atoms. The van der Waals surface area contributed by atoms with Crippen molar-refractivity contribution in [1.82, 2.24) is 4.98 Å². The highest BCUT2D eigenvalue weighted by molar-refractivity contribution is 5.41. The molecule has 14 heavy (non-hydrogen) atoms. The van der Waals surface area contributed by atoms with Gasteiger partial charge in [-0.2, -0.15) is 0 Å². The fourth-order valence-corrected chi connectivity index (χ4v) is 1.74. The van der Waals surface area contributed by atoms with Crippen molar-refractivity contribution in [2.24, 2.45) is 0 Å². The highest BCUT2D eigenvalue weighted by Crippen LogP contribution is 2.26. The molecule has 3 nitrogen and oxygen atoms in total. The van der Waals surface area contributed by atoms with Gasteiger partial charge >= 0.3 is 0 Å². The standard InChI is InChI=1S/C11H16N2O/c1-2-14-11-6-10(7-11)13-9-4-3-5-12-8-9/h3-5,8,10-11,13H,2,6-7H2,1H3. The van der Waals surface area contributed by atoms with Gasteiger partial charge in [0.2, 0.25) is 0 Å². The molecule has 1 aliphatic carbocycles. The molecule has 76 valence electrons. The third-order valence-electron chi connectivity index (χ3n) is 2.53. The van der Waals surface area contributed by atoms with E-state index in [0.717, 1.165) is 25.1 Å². The van der Waals surface area contributed by atoms with E-state index in [1.165, 1.54) is 0 Å². The molecule has 1 fully saturated rings. The van der Waals surface area contributed by atoms with E-state index < -0.39 is 0 Å². The van der Waals surface area contributed by atoms with Crippen LogP contribution in [0.5, 0.6) is 0 Å². The molecule has 1 saturated carbocycles. The number of hydrogen-bond acceptors (Lipinski definition) is 3. The lowest BCUT2D eigenvalue weighted by atomic mass is 9.89. The summed E-state index contributed by atoms with van der Waals surface area (Å²) in [6, 6.07) is 4.55. The van der Waals surface area contributed by atoms with Gasteiger partial charge in [0.15, 0.2) is 0 Å². The van der Waals surface area contributed by atoms with E-state index >= 15 is 0 Å². The number of anilines is 1. The molecule has 1 aromatic rings. The van der Waals surface area contributed by atoms with Crippen molar-refractivity contribution < 1.29 is 4.74 Å². The summed E-state index contributed by atoms with van der Waals surface area (Å²) < 4.78 is 5.49. The Hall–Kier alpha value is -1.09. The Bertz CT molecular complexity index is 270. The van der Waals surface area contributed by atoms with Crippen molar-refractivity contribution >= 4 is 5.69 Å². The van der Waals surface area contributed by atoms with Gasteiger partial charge < -0.3 is 10.1 Å². The summed E-state index contributed by atoms with van der Waals surface area (Å²) in [5.41, 5.74) is 1.10. The summed E-state index contributed by atoms with van der Waals surface area (Å²) in [6.07, 6.45) is 6.34. The first-order valence-electron chi connectivity index (χ1n) is 5.16. The predicted octanol–water partition coefficient (Wildman–Crippen LogP) is 2.06. The van der Waals surface area contributed by atoms with E-state index in [4.69, 9.17) is 4.74 Å². The van der Waals surface area contributed by atoms with Crippen molar-refractivity contribution in [3.05, 3.63) is 24.5 Å². The summed E-state index contributed by atoms with van der Waals surface area (Å²) in [5, 5.41) is 3.42. The first-order valence-corrected chi connectivity index (χ1v) is 5.16. The minimum Gasteiger partial charge on any atom is -0.381 e. The second kappa shape index (κ2) is 4.42. The highest BCUT2D eigenvalue weighted by Gasteiger charge is 2.29. The molecule has 0 aliphatic heterocycles. The second-order valence-corrected chi connectivity index (χ2v) is 3.63. The van der Waals surface area contributed by atoms with Crippen molar-refractivity contribution in [2.45, 2.75) is 31.9 Å². The van der Waals surface area contributed by atoms with Crippen molar-refractivity contribution in [3.63, 3.8) is 0 Å². The Balaban J connectivity index is 1.74. The van der Waals surface area contributed by atoms with Crippen molar-refractivity contribution in [2.75, 3.05) is 11.9 Å². The number of ether oxygens (including phenoxy) is 1. The second-order valence-electron chi connectivity index (χ2n) is 3.63. The number of aromatic nitrogens is 1. The summed E-state index contributed by atoms with van der Waals surface area (Å²) in [5.74, 6) is 0. The monoisotopic (exact) mass is 192 g/mol. The summed E-state index contributed by atoms with van der Waals surface area (Å²) in [6.45, 7) is 2.87. The van der Waals surface area contributed by atoms with Crippen LogP contribution in [0.4, 0.5) is 5.69 Å². The van der Waals surface area contributed by atoms with Crippen LogP contribution >= 0.6 is 0 Å². The minimum absolute atomic E-state index is 0.467. The number of rotatable bonds is 4. The van der Waals surface area contributed by atoms with Crippen LogP contribution < -0.4 is 5.32 Å². The molecule has 2 rings (SSSR count). The molecule has 1 aromatic heterocycles. The average molecular weight is 192 g/mol. The topological polar surface area (TPSA) is 34.1 Å². The van der Waals surface area contributed by atoms with Gasteiger partial charge in [0, 0.05) is 25.0 Å². The smallest absolute Gasteiger partial charge is 0.0614 e. The quantitative estimate of drug-likeness (QED) is 0.793. The Labute approximate surface area is 84.5 Å². The van der Waals surface area contributed by atoms with Crippen molar-refractivity contribution in [1.29, 1.82) is 0 Å². The molecule has 3 heteroatoms. The highest BCUT2D eigenvalue weighted by atomic mass is 16.5. The van der Waals surface area contributed by atoms with Gasteiger partial charge in [-0.25, -0.2) is 0 Å². The van der Waals surface area contributed by atoms with Crippen LogP contribution in [0.2, 0.25) is 0 Å². The zero-order chi connectivity index (χ0) is 9.80. The van der Waals surface area contributed by atoms with Gasteiger partial charge in [-0.15, -0.1) is 0 Å². The maximum absolute atomic E-state index is 5.49. The lowest BCUT2D eigenvalue weighted by molar-refractivity contribution is 0.00299. The molecule has 0 bridgehead atoms. The van der Waals surface area contributed by atoms with Crippen LogP contribution in [0.3, 0.4) is 0 Å². The molecule has 0 amide bonds. The molecule has 0 aromatic carbocycles. The SMILES string of the molecule is CCOC1CC(Nc2cccnc2)C1. The van der Waals surface area contributed by atoms with Crippen LogP contribution in [0.1, 0.15) is 19.8 Å². The van der Waals surface area contributed by atoms with Crippen molar-refractivity contribution in [3.8, 4) is 0 Å². The van der Waals surface area contributed by atoms with E-state index in [0.29, 0.717) is 12.1 Å². The Morgan fingerprint density at radius 2 is 2.43 bits per heavy atom. The molecule has 1 N–H and O–H groups in total. The molecule has 0 atom stereocenters. The Morgan fingerprint density at radius 3 is 3.07 bits per heavy atom. The molecule has 0 unspecified atom stereocenters. The fraction of sp³-hybridized carbons (Fsp3) is 0.545. The van der Waals surface area contributed by atoms with Crippen LogP contribution in [0.15, 0.2) is 24.5 Å². The number of hydrogen-bond donors (Lipinski definition) is 1. The summed E-state index contributed by atoms with van der Waals surface area (Å²) >= 11 is 0. The van der Waals surface area contributed by atoms with Gasteiger partial charge in [-0.3, -0.25) is 4.98 Å². The maximum Gasteiger partial charge on any atom is 0.0614 e. The van der Waals surface area contributed by atoms with Gasteiger partial charge in [-0.1, -0.05) is 0 Å². The van der Waals surface area contributed by atoms with E-state index in [1.807, 2.05) is 25.3 Å². The first kappa shape index (κ1) is 9.46. The molecule has 1 aliphatic rings. The molecule has 0 radical (unpaired) electrons. The van der Waals surface area contributed by atoms with Crippen LogP contribution in [-0.4, -0.2) is 23.7 Å². The number of nitrogens with zero attached hydrogens (tertiary/aromatic N) is 1. The van der Waals surface area contributed by atoms with Gasteiger partial charge in [0.25, 0.3) is 0 Å². The van der Waals surface area contributed by atoms with Gasteiger partial charge in [-0.05, 0) is 31.9 Å². The van der Waals surface area contributed by atoms with E-state index in [9.17, 15) is 0 Å². The van der Waals surface area contributed by atoms with E-state index in [2.05, 4.69) is 10.3 Å². The summed E-state index contributed by atoms with van der Waals surface area (Å²) in [4.78, 5) is 4.06. The van der Waals surface area contributed by atoms with Crippen LogP contribution in [0.25, 0.3) is 0 Å². The number of nitrogens with one attached hydrogen (secondary N) is 1. The van der Waals surface area contributed by atoms with Crippen LogP contribution in [0, 0.1) is 0 Å². The Kier molecular flexibility index (Phi) is 2.99. The van der Waals surface area contributed by atoms with Gasteiger partial charge in [0.1, 0.15) is 0 Å². The average Bonchev–Trinajstić information content (AvgIpc) is 2.16. The van der Waals surface area contributed by atoms with E-state index in [-0.39, 0.29) is 0 Å². The zero-order valence-electron chi connectivity index (χ0n) is 8.44. The fourth-order valence-electron chi connectivity index (χ4n) is 1.74. The third kappa shape index (κ3) is 2.23. The minimum atomic E-state index is 0.467. The third-order valence-corrected chi connectivity index (χ3v) is 2.53. The normalized spacial score (nSPS) is 25.5. The lowest BCUT2D eigenvalue weighted by Crippen LogP contribution is -2.40.